The van der Waals surface area contributed by atoms with Crippen LogP contribution in [0.25, 0.3) is 0 Å². The van der Waals surface area contributed by atoms with Crippen molar-refractivity contribution in [3.63, 3.8) is 0 Å². The maximum Gasteiger partial charge on any atom is 0.322 e. The van der Waals surface area contributed by atoms with E-state index in [0.29, 0.717) is 5.92 Å². The molecule has 0 aliphatic rings. The molecule has 0 spiro atoms. The molecule has 0 radical (unpaired) electrons. The molecule has 0 rings (SSSR count). The van der Waals surface area contributed by atoms with Crippen LogP contribution in [0.1, 0.15) is 20.3 Å². The zero-order valence-corrected chi connectivity index (χ0v) is 8.79. The highest BCUT2D eigenvalue weighted by molar-refractivity contribution is 5.74. The van der Waals surface area contributed by atoms with E-state index in [1.54, 1.807) is 14.1 Å². The minimum Gasteiger partial charge on any atom is -0.480 e. The smallest absolute Gasteiger partial charge is 0.322 e. The average Bonchev–Trinajstić information content (AvgIpc) is 2.02. The van der Waals surface area contributed by atoms with Gasteiger partial charge < -0.3 is 15.7 Å². The van der Waals surface area contributed by atoms with Crippen molar-refractivity contribution < 1.29 is 9.90 Å². The SMILES string of the molecule is CNC(CC(C)C)C(NC)C(=O)O. The number of carbonyl (C=O) groups is 1. The minimum atomic E-state index is -0.803. The molecule has 4 heteroatoms. The van der Waals surface area contributed by atoms with Gasteiger partial charge in [-0.05, 0) is 26.4 Å². The molecule has 0 heterocycles. The molecule has 3 N–H and O–H groups in total. The summed E-state index contributed by atoms with van der Waals surface area (Å²) in [5, 5.41) is 14.7. The summed E-state index contributed by atoms with van der Waals surface area (Å²) < 4.78 is 0. The lowest BCUT2D eigenvalue weighted by molar-refractivity contribution is -0.140. The minimum absolute atomic E-state index is 0.0116. The molecule has 2 atom stereocenters. The third-order valence-corrected chi connectivity index (χ3v) is 2.08. The quantitative estimate of drug-likeness (QED) is 0.561. The van der Waals surface area contributed by atoms with E-state index < -0.39 is 12.0 Å². The maximum atomic E-state index is 10.8. The summed E-state index contributed by atoms with van der Waals surface area (Å²) in [6.07, 6.45) is 0.855. The molecular formula is C9H20N2O2. The van der Waals surface area contributed by atoms with E-state index in [-0.39, 0.29) is 6.04 Å². The molecule has 2 unspecified atom stereocenters. The molecule has 0 aliphatic heterocycles. The Kier molecular flexibility index (Phi) is 5.66. The standard InChI is InChI=1S/C9H20N2O2/c1-6(2)5-7(10-3)8(11-4)9(12)13/h6-8,10-11H,5H2,1-4H3,(H,12,13). The van der Waals surface area contributed by atoms with Gasteiger partial charge in [0.2, 0.25) is 0 Å². The molecule has 0 aromatic rings. The van der Waals surface area contributed by atoms with Crippen molar-refractivity contribution in [3.05, 3.63) is 0 Å². The van der Waals surface area contributed by atoms with Crippen molar-refractivity contribution in [3.8, 4) is 0 Å². The van der Waals surface area contributed by atoms with Crippen molar-refractivity contribution in [2.75, 3.05) is 14.1 Å². The molecule has 4 nitrogen and oxygen atoms in total. The largest absolute Gasteiger partial charge is 0.480 e. The first kappa shape index (κ1) is 12.4. The monoisotopic (exact) mass is 188 g/mol. The van der Waals surface area contributed by atoms with Gasteiger partial charge in [0.05, 0.1) is 0 Å². The molecular weight excluding hydrogens is 168 g/mol. The van der Waals surface area contributed by atoms with E-state index in [4.69, 9.17) is 5.11 Å². The van der Waals surface area contributed by atoms with Gasteiger partial charge in [-0.25, -0.2) is 0 Å². The Labute approximate surface area is 79.7 Å². The third-order valence-electron chi connectivity index (χ3n) is 2.08. The lowest BCUT2D eigenvalue weighted by atomic mass is 9.98. The molecule has 0 amide bonds. The van der Waals surface area contributed by atoms with Crippen LogP contribution in [0.4, 0.5) is 0 Å². The summed E-state index contributed by atoms with van der Waals surface area (Å²) in [5.74, 6) is -0.310. The Hall–Kier alpha value is -0.610. The topological polar surface area (TPSA) is 61.4 Å². The van der Waals surface area contributed by atoms with E-state index >= 15 is 0 Å². The number of hydrogen-bond donors (Lipinski definition) is 3. The highest BCUT2D eigenvalue weighted by atomic mass is 16.4. The molecule has 13 heavy (non-hydrogen) atoms. The van der Waals surface area contributed by atoms with Gasteiger partial charge in [0.1, 0.15) is 6.04 Å². The lowest BCUT2D eigenvalue weighted by Crippen LogP contribution is -2.50. The third kappa shape index (κ3) is 4.24. The molecule has 0 saturated heterocycles. The summed E-state index contributed by atoms with van der Waals surface area (Å²) in [4.78, 5) is 10.8. The second-order valence-electron chi connectivity index (χ2n) is 3.63. The predicted molar refractivity (Wildman–Crippen MR) is 52.8 cm³/mol. The van der Waals surface area contributed by atoms with Crippen LogP contribution in [0.15, 0.2) is 0 Å². The van der Waals surface area contributed by atoms with E-state index in [0.717, 1.165) is 6.42 Å². The number of hydrogen-bond acceptors (Lipinski definition) is 3. The van der Waals surface area contributed by atoms with Crippen LogP contribution in [-0.4, -0.2) is 37.3 Å². The van der Waals surface area contributed by atoms with Crippen LogP contribution in [0.5, 0.6) is 0 Å². The molecule has 0 aromatic heterocycles. The zero-order valence-electron chi connectivity index (χ0n) is 8.79. The van der Waals surface area contributed by atoms with Crippen LogP contribution >= 0.6 is 0 Å². The molecule has 78 valence electrons. The van der Waals surface area contributed by atoms with Crippen LogP contribution in [0.3, 0.4) is 0 Å². The van der Waals surface area contributed by atoms with Gasteiger partial charge in [-0.15, -0.1) is 0 Å². The average molecular weight is 188 g/mol. The fourth-order valence-corrected chi connectivity index (χ4v) is 1.43. The van der Waals surface area contributed by atoms with E-state index in [2.05, 4.69) is 24.5 Å². The first-order chi connectivity index (χ1) is 6.02. The van der Waals surface area contributed by atoms with Crippen molar-refractivity contribution in [1.82, 2.24) is 10.6 Å². The van der Waals surface area contributed by atoms with Crippen molar-refractivity contribution in [1.29, 1.82) is 0 Å². The van der Waals surface area contributed by atoms with Gasteiger partial charge in [-0.2, -0.15) is 0 Å². The first-order valence-electron chi connectivity index (χ1n) is 4.60. The van der Waals surface area contributed by atoms with E-state index in [1.165, 1.54) is 0 Å². The number of likely N-dealkylation sites (N-methyl/N-ethyl adjacent to an activating group) is 2. The number of nitrogens with one attached hydrogen (secondary N) is 2. The first-order valence-corrected chi connectivity index (χ1v) is 4.60. The van der Waals surface area contributed by atoms with Crippen LogP contribution < -0.4 is 10.6 Å². The number of carboxylic acid groups (broad SMARTS) is 1. The molecule has 0 fully saturated rings. The van der Waals surface area contributed by atoms with E-state index in [1.807, 2.05) is 0 Å². The number of carboxylic acids is 1. The van der Waals surface area contributed by atoms with Gasteiger partial charge in [0, 0.05) is 6.04 Å². The Morgan fingerprint density at radius 3 is 2.08 bits per heavy atom. The molecule has 0 aliphatic carbocycles. The Balaban J connectivity index is 4.25. The maximum absolute atomic E-state index is 10.8. The predicted octanol–water partition coefficient (Wildman–Crippen LogP) is 0.293. The fourth-order valence-electron chi connectivity index (χ4n) is 1.43. The van der Waals surface area contributed by atoms with Crippen LogP contribution in [-0.2, 0) is 4.79 Å². The molecule has 0 bridgehead atoms. The van der Waals surface area contributed by atoms with Crippen LogP contribution in [0.2, 0.25) is 0 Å². The van der Waals surface area contributed by atoms with Crippen LogP contribution in [0, 0.1) is 5.92 Å². The second kappa shape index (κ2) is 5.94. The van der Waals surface area contributed by atoms with Crippen molar-refractivity contribution in [2.45, 2.75) is 32.4 Å². The summed E-state index contributed by atoms with van der Waals surface area (Å²) in [5.41, 5.74) is 0. The Bertz CT molecular complexity index is 160. The highest BCUT2D eigenvalue weighted by Crippen LogP contribution is 2.07. The van der Waals surface area contributed by atoms with Crippen molar-refractivity contribution in [2.24, 2.45) is 5.92 Å². The van der Waals surface area contributed by atoms with Crippen molar-refractivity contribution >= 4 is 5.97 Å². The van der Waals surface area contributed by atoms with Gasteiger partial charge in [0.15, 0.2) is 0 Å². The van der Waals surface area contributed by atoms with Gasteiger partial charge in [0.25, 0.3) is 0 Å². The fraction of sp³-hybridized carbons (Fsp3) is 0.889. The van der Waals surface area contributed by atoms with Gasteiger partial charge >= 0.3 is 5.97 Å². The Morgan fingerprint density at radius 1 is 1.31 bits per heavy atom. The lowest BCUT2D eigenvalue weighted by Gasteiger charge is -2.24. The van der Waals surface area contributed by atoms with Gasteiger partial charge in [-0.3, -0.25) is 4.79 Å². The number of rotatable bonds is 6. The zero-order chi connectivity index (χ0) is 10.4. The molecule has 0 aromatic carbocycles. The highest BCUT2D eigenvalue weighted by Gasteiger charge is 2.25. The normalized spacial score (nSPS) is 15.8. The summed E-state index contributed by atoms with van der Waals surface area (Å²) in [6, 6.07) is -0.519. The number of aliphatic carboxylic acids is 1. The van der Waals surface area contributed by atoms with E-state index in [9.17, 15) is 4.79 Å². The Morgan fingerprint density at radius 2 is 1.85 bits per heavy atom. The summed E-state index contributed by atoms with van der Waals surface area (Å²) in [7, 11) is 3.46. The van der Waals surface area contributed by atoms with Gasteiger partial charge in [-0.1, -0.05) is 13.8 Å². The second-order valence-corrected chi connectivity index (χ2v) is 3.63. The molecule has 0 saturated carbocycles. The summed E-state index contributed by atoms with van der Waals surface area (Å²) >= 11 is 0. The summed E-state index contributed by atoms with van der Waals surface area (Å²) in [6.45, 7) is 4.16.